The first-order valence-electron chi connectivity index (χ1n) is 15.7. The predicted molar refractivity (Wildman–Crippen MR) is 174 cm³/mol. The summed E-state index contributed by atoms with van der Waals surface area (Å²) in [5.41, 5.74) is 3.54. The molecule has 8 heteroatoms. The highest BCUT2D eigenvalue weighted by molar-refractivity contribution is 5.42. The second-order valence-corrected chi connectivity index (χ2v) is 12.4. The van der Waals surface area contributed by atoms with Crippen LogP contribution in [0.25, 0.3) is 0 Å². The number of hydrogen-bond donors (Lipinski definition) is 1. The summed E-state index contributed by atoms with van der Waals surface area (Å²) in [4.78, 5) is 7.19. The lowest BCUT2D eigenvalue weighted by molar-refractivity contribution is 0.202. The SMILES string of the molecule is CC(C)(c1ccc(OCC2CO2)cc1)c1ccc(OCC2CO2)cc1.CC1(COc2ccccc2)CO1.CCc1ncc(C)[nH]1. The summed E-state index contributed by atoms with van der Waals surface area (Å²) in [7, 11) is 0. The molecule has 3 saturated heterocycles. The maximum atomic E-state index is 5.72. The molecule has 3 aliphatic rings. The summed E-state index contributed by atoms with van der Waals surface area (Å²) < 4.78 is 32.5. The highest BCUT2D eigenvalue weighted by Gasteiger charge is 2.40. The summed E-state index contributed by atoms with van der Waals surface area (Å²) in [6.07, 6.45) is 3.40. The number of nitrogens with zero attached hydrogens (tertiary/aromatic N) is 1. The van der Waals surface area contributed by atoms with Crippen molar-refractivity contribution in [1.82, 2.24) is 9.97 Å². The van der Waals surface area contributed by atoms with Gasteiger partial charge in [0.15, 0.2) is 0 Å². The number of nitrogens with one attached hydrogen (secondary N) is 1. The molecule has 1 N–H and O–H groups in total. The van der Waals surface area contributed by atoms with E-state index < -0.39 is 0 Å². The zero-order valence-corrected chi connectivity index (χ0v) is 27.1. The van der Waals surface area contributed by atoms with Crippen molar-refractivity contribution in [2.75, 3.05) is 39.6 Å². The van der Waals surface area contributed by atoms with E-state index >= 15 is 0 Å². The van der Waals surface area contributed by atoms with Gasteiger partial charge in [-0.2, -0.15) is 0 Å². The maximum absolute atomic E-state index is 5.72. The molecular formula is C37H46N2O6. The first kappa shape index (κ1) is 32.5. The standard InChI is InChI=1S/C21H24O4.C10H12O2.C6H10N2/c1-21(2,15-3-7-17(8-4-15)22-11-19-13-24-19)16-5-9-18(10-6-16)23-12-20-14-25-20;1-10(8-12-10)7-11-9-5-3-2-4-6-9;1-3-6-7-4-5(2)8-6/h3-10,19-20H,11-14H2,1-2H3;2-6H,7-8H2,1H3;4H,3H2,1-2H3,(H,7,8). The second-order valence-electron chi connectivity index (χ2n) is 12.4. The molecule has 3 atom stereocenters. The van der Waals surface area contributed by atoms with Crippen molar-refractivity contribution in [3.63, 3.8) is 0 Å². The van der Waals surface area contributed by atoms with Crippen molar-refractivity contribution in [1.29, 1.82) is 0 Å². The Morgan fingerprint density at radius 2 is 1.29 bits per heavy atom. The number of benzene rings is 3. The van der Waals surface area contributed by atoms with Gasteiger partial charge in [-0.3, -0.25) is 0 Å². The topological polar surface area (TPSA) is 94.0 Å². The minimum absolute atomic E-state index is 0.0180. The molecule has 0 aliphatic carbocycles. The van der Waals surface area contributed by atoms with E-state index in [1.807, 2.05) is 67.7 Å². The fraction of sp³-hybridized carbons (Fsp3) is 0.432. The molecule has 45 heavy (non-hydrogen) atoms. The Balaban J connectivity index is 0.000000164. The number of H-pyrrole nitrogens is 1. The van der Waals surface area contributed by atoms with Crippen LogP contribution in [0.4, 0.5) is 0 Å². The van der Waals surface area contributed by atoms with E-state index in [9.17, 15) is 0 Å². The number of rotatable bonds is 12. The van der Waals surface area contributed by atoms with Gasteiger partial charge in [0, 0.05) is 23.7 Å². The summed E-state index contributed by atoms with van der Waals surface area (Å²) in [5.74, 6) is 3.76. The summed E-state index contributed by atoms with van der Waals surface area (Å²) in [5, 5.41) is 0. The number of para-hydroxylation sites is 1. The molecule has 0 radical (unpaired) electrons. The van der Waals surface area contributed by atoms with E-state index in [1.165, 1.54) is 11.1 Å². The third kappa shape index (κ3) is 10.6. The molecule has 240 valence electrons. The molecule has 8 nitrogen and oxygen atoms in total. The maximum Gasteiger partial charge on any atom is 0.123 e. The predicted octanol–water partition coefficient (Wildman–Crippen LogP) is 6.70. The Hall–Kier alpha value is -3.85. The van der Waals surface area contributed by atoms with Gasteiger partial charge >= 0.3 is 0 Å². The number of aromatic amines is 1. The summed E-state index contributed by atoms with van der Waals surface area (Å²) in [6.45, 7) is 15.0. The van der Waals surface area contributed by atoms with Crippen molar-refractivity contribution < 1.29 is 28.4 Å². The zero-order chi connectivity index (χ0) is 31.7. The Bertz CT molecular complexity index is 1380. The Morgan fingerprint density at radius 1 is 0.800 bits per heavy atom. The van der Waals surface area contributed by atoms with Crippen molar-refractivity contribution in [3.05, 3.63) is 108 Å². The quantitative estimate of drug-likeness (QED) is 0.178. The van der Waals surface area contributed by atoms with Gasteiger partial charge in [0.05, 0.1) is 19.8 Å². The van der Waals surface area contributed by atoms with Gasteiger partial charge in [0.25, 0.3) is 0 Å². The number of epoxide rings is 3. The van der Waals surface area contributed by atoms with Crippen LogP contribution in [0.3, 0.4) is 0 Å². The van der Waals surface area contributed by atoms with Crippen LogP contribution in [-0.4, -0.2) is 67.4 Å². The third-order valence-corrected chi connectivity index (χ3v) is 7.84. The smallest absolute Gasteiger partial charge is 0.123 e. The molecule has 0 spiro atoms. The van der Waals surface area contributed by atoms with E-state index in [-0.39, 0.29) is 23.2 Å². The van der Waals surface area contributed by atoms with Gasteiger partial charge in [-0.1, -0.05) is 63.2 Å². The van der Waals surface area contributed by atoms with Crippen LogP contribution in [0.1, 0.15) is 50.3 Å². The fourth-order valence-corrected chi connectivity index (χ4v) is 4.42. The summed E-state index contributed by atoms with van der Waals surface area (Å²) >= 11 is 0. The number of hydrogen-bond acceptors (Lipinski definition) is 7. The van der Waals surface area contributed by atoms with Gasteiger partial charge in [0.1, 0.15) is 60.7 Å². The largest absolute Gasteiger partial charge is 0.491 e. The van der Waals surface area contributed by atoms with Crippen molar-refractivity contribution in [2.24, 2.45) is 0 Å². The lowest BCUT2D eigenvalue weighted by Gasteiger charge is -2.26. The van der Waals surface area contributed by atoms with Crippen LogP contribution in [0.15, 0.2) is 85.1 Å². The molecule has 4 heterocycles. The Labute approximate surface area is 267 Å². The van der Waals surface area contributed by atoms with Crippen molar-refractivity contribution in [3.8, 4) is 17.2 Å². The molecular weight excluding hydrogens is 568 g/mol. The molecule has 3 fully saturated rings. The molecule has 0 bridgehead atoms. The van der Waals surface area contributed by atoms with Crippen LogP contribution in [0.5, 0.6) is 17.2 Å². The fourth-order valence-electron chi connectivity index (χ4n) is 4.42. The van der Waals surface area contributed by atoms with Crippen LogP contribution in [0.2, 0.25) is 0 Å². The van der Waals surface area contributed by atoms with Crippen LogP contribution < -0.4 is 14.2 Å². The Morgan fingerprint density at radius 3 is 1.67 bits per heavy atom. The lowest BCUT2D eigenvalue weighted by Crippen LogP contribution is -2.18. The normalized spacial score (nSPS) is 20.9. The number of imidazole rings is 1. The first-order chi connectivity index (χ1) is 21.7. The molecule has 0 amide bonds. The number of aromatic nitrogens is 2. The van der Waals surface area contributed by atoms with E-state index in [2.05, 4.69) is 61.9 Å². The second kappa shape index (κ2) is 15.0. The molecule has 4 aromatic rings. The Kier molecular flexibility index (Phi) is 10.8. The highest BCUT2D eigenvalue weighted by atomic mass is 16.6. The van der Waals surface area contributed by atoms with Gasteiger partial charge < -0.3 is 33.4 Å². The number of ether oxygens (including phenoxy) is 6. The van der Waals surface area contributed by atoms with Gasteiger partial charge in [0.2, 0.25) is 0 Å². The third-order valence-electron chi connectivity index (χ3n) is 7.84. The van der Waals surface area contributed by atoms with Crippen LogP contribution >= 0.6 is 0 Å². The average Bonchev–Trinajstić information content (AvgIpc) is 3.98. The monoisotopic (exact) mass is 614 g/mol. The van der Waals surface area contributed by atoms with Crippen LogP contribution in [-0.2, 0) is 26.0 Å². The zero-order valence-electron chi connectivity index (χ0n) is 27.1. The highest BCUT2D eigenvalue weighted by Crippen LogP contribution is 2.33. The van der Waals surface area contributed by atoms with E-state index in [1.54, 1.807) is 0 Å². The number of aryl methyl sites for hydroxylation is 2. The molecule has 3 aliphatic heterocycles. The minimum atomic E-state index is -0.0870. The molecule has 7 rings (SSSR count). The lowest BCUT2D eigenvalue weighted by atomic mass is 9.78. The van der Waals surface area contributed by atoms with Crippen molar-refractivity contribution in [2.45, 2.75) is 64.3 Å². The molecule has 0 saturated carbocycles. The molecule has 1 aromatic heterocycles. The van der Waals surface area contributed by atoms with E-state index in [0.717, 1.165) is 55.0 Å². The first-order valence-corrected chi connectivity index (χ1v) is 15.7. The average molecular weight is 615 g/mol. The van der Waals surface area contributed by atoms with Crippen molar-refractivity contribution >= 4 is 0 Å². The van der Waals surface area contributed by atoms with E-state index in [4.69, 9.17) is 28.4 Å². The van der Waals surface area contributed by atoms with E-state index in [0.29, 0.717) is 19.8 Å². The summed E-state index contributed by atoms with van der Waals surface area (Å²) in [6, 6.07) is 26.5. The molecule has 3 aromatic carbocycles. The minimum Gasteiger partial charge on any atom is -0.491 e. The molecule has 3 unspecified atom stereocenters. The van der Waals surface area contributed by atoms with Gasteiger partial charge in [-0.25, -0.2) is 4.98 Å². The van der Waals surface area contributed by atoms with Gasteiger partial charge in [-0.15, -0.1) is 0 Å². The van der Waals surface area contributed by atoms with Crippen LogP contribution in [0, 0.1) is 6.92 Å². The van der Waals surface area contributed by atoms with Gasteiger partial charge in [-0.05, 0) is 61.4 Å².